The monoisotopic (exact) mass is 355 g/mol. The Bertz CT molecular complexity index is 589. The number of anilines is 1. The number of carbonyl (C=O) groups is 1. The van der Waals surface area contributed by atoms with Gasteiger partial charge in [-0.15, -0.1) is 10.2 Å². The summed E-state index contributed by atoms with van der Waals surface area (Å²) in [6.07, 6.45) is 1.09. The summed E-state index contributed by atoms with van der Waals surface area (Å²) >= 11 is 4.76. The summed E-state index contributed by atoms with van der Waals surface area (Å²) < 4.78 is 6.44. The van der Waals surface area contributed by atoms with Crippen molar-refractivity contribution in [2.24, 2.45) is 0 Å². The second-order valence-corrected chi connectivity index (χ2v) is 5.94. The molecule has 0 atom stereocenters. The van der Waals surface area contributed by atoms with Crippen LogP contribution >= 0.6 is 27.3 Å². The molecule has 0 aliphatic rings. The molecule has 0 radical (unpaired) electrons. The Kier molecular flexibility index (Phi) is 5.49. The zero-order valence-corrected chi connectivity index (χ0v) is 13.3. The molecule has 0 saturated carbocycles. The number of benzene rings is 1. The van der Waals surface area contributed by atoms with Gasteiger partial charge in [-0.05, 0) is 24.6 Å². The van der Waals surface area contributed by atoms with Crippen LogP contribution in [0.15, 0.2) is 28.7 Å². The maximum absolute atomic E-state index is 11.7. The van der Waals surface area contributed by atoms with Crippen LogP contribution < -0.4 is 10.1 Å². The van der Waals surface area contributed by atoms with Crippen LogP contribution in [0.1, 0.15) is 18.4 Å². The molecular formula is C13H14BrN3O2S. The second kappa shape index (κ2) is 7.35. The quantitative estimate of drug-likeness (QED) is 0.863. The summed E-state index contributed by atoms with van der Waals surface area (Å²) in [7, 11) is 0. The average Bonchev–Trinajstić information content (AvgIpc) is 2.86. The molecule has 7 heteroatoms. The number of halogens is 1. The molecule has 0 saturated heterocycles. The molecule has 20 heavy (non-hydrogen) atoms. The van der Waals surface area contributed by atoms with Crippen LogP contribution in [0.25, 0.3) is 0 Å². The summed E-state index contributed by atoms with van der Waals surface area (Å²) in [5.74, 6) is 0.607. The molecule has 1 aromatic heterocycles. The zero-order chi connectivity index (χ0) is 14.4. The van der Waals surface area contributed by atoms with E-state index in [0.29, 0.717) is 11.7 Å². The van der Waals surface area contributed by atoms with E-state index in [-0.39, 0.29) is 12.3 Å². The van der Waals surface area contributed by atoms with Gasteiger partial charge in [0.1, 0.15) is 10.8 Å². The van der Waals surface area contributed by atoms with Crippen molar-refractivity contribution < 1.29 is 9.53 Å². The molecule has 0 aliphatic carbocycles. The van der Waals surface area contributed by atoms with Crippen molar-refractivity contribution in [2.75, 3.05) is 11.9 Å². The van der Waals surface area contributed by atoms with Crippen molar-refractivity contribution in [1.29, 1.82) is 0 Å². The summed E-state index contributed by atoms with van der Waals surface area (Å²) in [5.41, 5.74) is 0. The van der Waals surface area contributed by atoms with Gasteiger partial charge in [-0.25, -0.2) is 0 Å². The van der Waals surface area contributed by atoms with Gasteiger partial charge in [-0.3, -0.25) is 4.79 Å². The van der Waals surface area contributed by atoms with Gasteiger partial charge in [0.15, 0.2) is 0 Å². The molecule has 1 amide bonds. The molecular weight excluding hydrogens is 342 g/mol. The lowest BCUT2D eigenvalue weighted by molar-refractivity contribution is -0.116. The first kappa shape index (κ1) is 14.9. The number of nitrogens with one attached hydrogen (secondary N) is 1. The van der Waals surface area contributed by atoms with E-state index in [2.05, 4.69) is 31.4 Å². The van der Waals surface area contributed by atoms with Gasteiger partial charge < -0.3 is 10.1 Å². The van der Waals surface area contributed by atoms with Gasteiger partial charge in [0.25, 0.3) is 0 Å². The fourth-order valence-corrected chi connectivity index (χ4v) is 2.52. The van der Waals surface area contributed by atoms with E-state index < -0.39 is 0 Å². The maximum atomic E-state index is 11.7. The number of ether oxygens (including phenoxy) is 1. The lowest BCUT2D eigenvalue weighted by Crippen LogP contribution is -2.15. The van der Waals surface area contributed by atoms with Crippen molar-refractivity contribution in [2.45, 2.75) is 19.8 Å². The van der Waals surface area contributed by atoms with Crippen molar-refractivity contribution in [3.8, 4) is 5.75 Å². The van der Waals surface area contributed by atoms with E-state index in [1.54, 1.807) is 0 Å². The number of rotatable bonds is 6. The van der Waals surface area contributed by atoms with Crippen LogP contribution in [0.5, 0.6) is 5.75 Å². The largest absolute Gasteiger partial charge is 0.493 e. The third-order valence-corrected chi connectivity index (χ3v) is 3.89. The highest BCUT2D eigenvalue weighted by Crippen LogP contribution is 2.18. The molecule has 106 valence electrons. The number of hydrogen-bond donors (Lipinski definition) is 1. The lowest BCUT2D eigenvalue weighted by atomic mass is 10.3. The Balaban J connectivity index is 1.75. The molecule has 1 aromatic carbocycles. The third-order valence-electron chi connectivity index (χ3n) is 2.41. The highest BCUT2D eigenvalue weighted by molar-refractivity contribution is 9.10. The van der Waals surface area contributed by atoms with Crippen molar-refractivity contribution in [3.63, 3.8) is 0 Å². The van der Waals surface area contributed by atoms with E-state index in [9.17, 15) is 4.79 Å². The Morgan fingerprint density at radius 3 is 3.00 bits per heavy atom. The Hall–Kier alpha value is -1.47. The van der Waals surface area contributed by atoms with Gasteiger partial charge in [0, 0.05) is 4.47 Å². The Morgan fingerprint density at radius 2 is 2.30 bits per heavy atom. The smallest absolute Gasteiger partial charge is 0.229 e. The van der Waals surface area contributed by atoms with E-state index in [1.165, 1.54) is 11.3 Å². The minimum absolute atomic E-state index is 0.126. The molecule has 2 aromatic rings. The SMILES string of the molecule is CCc1nnc(NC(=O)CCOc2cccc(Br)c2)s1. The lowest BCUT2D eigenvalue weighted by Gasteiger charge is -2.06. The predicted octanol–water partition coefficient (Wildman–Crippen LogP) is 3.27. The average molecular weight is 356 g/mol. The highest BCUT2D eigenvalue weighted by atomic mass is 79.9. The van der Waals surface area contributed by atoms with Gasteiger partial charge >= 0.3 is 0 Å². The van der Waals surface area contributed by atoms with Crippen molar-refractivity contribution >= 4 is 38.3 Å². The van der Waals surface area contributed by atoms with Crippen LogP contribution in [-0.4, -0.2) is 22.7 Å². The van der Waals surface area contributed by atoms with Gasteiger partial charge in [-0.1, -0.05) is 40.3 Å². The van der Waals surface area contributed by atoms with E-state index in [0.717, 1.165) is 21.7 Å². The standard InChI is InChI=1S/C13H14BrN3O2S/c1-2-12-16-17-13(20-12)15-11(18)6-7-19-10-5-3-4-9(14)8-10/h3-5,8H,2,6-7H2,1H3,(H,15,17,18). The predicted molar refractivity (Wildman–Crippen MR) is 82.2 cm³/mol. The normalized spacial score (nSPS) is 10.3. The summed E-state index contributed by atoms with van der Waals surface area (Å²) in [6.45, 7) is 2.32. The van der Waals surface area contributed by atoms with Crippen molar-refractivity contribution in [1.82, 2.24) is 10.2 Å². The minimum atomic E-state index is -0.126. The van der Waals surface area contributed by atoms with Gasteiger partial charge in [0.2, 0.25) is 11.0 Å². The Labute approximate surface area is 129 Å². The van der Waals surface area contributed by atoms with E-state index in [1.807, 2.05) is 31.2 Å². The van der Waals surface area contributed by atoms with Crippen molar-refractivity contribution in [3.05, 3.63) is 33.7 Å². The summed E-state index contributed by atoms with van der Waals surface area (Å²) in [5, 5.41) is 12.0. The van der Waals surface area contributed by atoms with E-state index in [4.69, 9.17) is 4.74 Å². The van der Waals surface area contributed by atoms with Crippen LogP contribution in [0.3, 0.4) is 0 Å². The summed E-state index contributed by atoms with van der Waals surface area (Å²) in [4.78, 5) is 11.7. The number of aryl methyl sites for hydroxylation is 1. The first-order valence-electron chi connectivity index (χ1n) is 6.18. The molecule has 0 fully saturated rings. The first-order chi connectivity index (χ1) is 9.67. The topological polar surface area (TPSA) is 64.1 Å². The minimum Gasteiger partial charge on any atom is -0.493 e. The number of carbonyl (C=O) groups excluding carboxylic acids is 1. The van der Waals surface area contributed by atoms with E-state index >= 15 is 0 Å². The highest BCUT2D eigenvalue weighted by Gasteiger charge is 2.07. The summed E-state index contributed by atoms with van der Waals surface area (Å²) in [6, 6.07) is 7.50. The molecule has 5 nitrogen and oxygen atoms in total. The molecule has 0 bridgehead atoms. The number of nitrogens with zero attached hydrogens (tertiary/aromatic N) is 2. The number of amides is 1. The molecule has 2 rings (SSSR count). The van der Waals surface area contributed by atoms with Crippen LogP contribution in [0, 0.1) is 0 Å². The fraction of sp³-hybridized carbons (Fsp3) is 0.308. The molecule has 1 heterocycles. The van der Waals surface area contributed by atoms with Crippen LogP contribution in [0.2, 0.25) is 0 Å². The zero-order valence-electron chi connectivity index (χ0n) is 10.9. The molecule has 0 aliphatic heterocycles. The first-order valence-corrected chi connectivity index (χ1v) is 7.79. The number of aromatic nitrogens is 2. The van der Waals surface area contributed by atoms with Gasteiger partial charge in [-0.2, -0.15) is 0 Å². The third kappa shape index (κ3) is 4.57. The molecule has 1 N–H and O–H groups in total. The van der Waals surface area contributed by atoms with Crippen LogP contribution in [0.4, 0.5) is 5.13 Å². The van der Waals surface area contributed by atoms with Crippen LogP contribution in [-0.2, 0) is 11.2 Å². The molecule has 0 spiro atoms. The Morgan fingerprint density at radius 1 is 1.45 bits per heavy atom. The number of hydrogen-bond acceptors (Lipinski definition) is 5. The fourth-order valence-electron chi connectivity index (χ4n) is 1.45. The maximum Gasteiger partial charge on any atom is 0.229 e. The van der Waals surface area contributed by atoms with Gasteiger partial charge in [0.05, 0.1) is 13.0 Å². The molecule has 0 unspecified atom stereocenters. The second-order valence-electron chi connectivity index (χ2n) is 3.96.